The van der Waals surface area contributed by atoms with E-state index >= 15 is 0 Å². The van der Waals surface area contributed by atoms with Crippen LogP contribution in [0.4, 0.5) is 0 Å². The van der Waals surface area contributed by atoms with Crippen LogP contribution in [0, 0.1) is 0 Å². The molecule has 0 amide bonds. The summed E-state index contributed by atoms with van der Waals surface area (Å²) >= 11 is 22.7. The van der Waals surface area contributed by atoms with Gasteiger partial charge in [0.25, 0.3) is 0 Å². The van der Waals surface area contributed by atoms with Gasteiger partial charge in [0, 0.05) is 0 Å². The average molecular weight is 262 g/mol. The maximum atomic E-state index is 5.68. The monoisotopic (exact) mass is 260 g/mol. The molecule has 1 aliphatic heterocycles. The molecular weight excluding hydrogens is 262 g/mol. The van der Waals surface area contributed by atoms with E-state index in [0.717, 1.165) is 0 Å². The Labute approximate surface area is 75.0 Å². The lowest BCUT2D eigenvalue weighted by atomic mass is 27.1. The number of hydrogen-bond acceptors (Lipinski definition) is 2. The molecule has 0 aromatic heterocycles. The van der Waals surface area contributed by atoms with Crippen molar-refractivity contribution in [2.24, 2.45) is 0 Å². The molecule has 0 unspecified atom stereocenters. The summed E-state index contributed by atoms with van der Waals surface area (Å²) in [5, 5.41) is 0. The third-order valence-corrected chi connectivity index (χ3v) is 38.5. The lowest BCUT2D eigenvalue weighted by molar-refractivity contribution is 3.76. The second-order valence-electron chi connectivity index (χ2n) is 1.13. The topological polar surface area (TPSA) is 0 Å². The van der Waals surface area contributed by atoms with Gasteiger partial charge >= 0.3 is 9.98 Å². The van der Waals surface area contributed by atoms with E-state index in [0.29, 0.717) is 0 Å². The number of halogens is 4. The van der Waals surface area contributed by atoms with Crippen molar-refractivity contribution in [2.45, 2.75) is 0 Å². The Morgan fingerprint density at radius 2 is 1.00 bits per heavy atom. The Balaban J connectivity index is 2.42. The first-order valence-corrected chi connectivity index (χ1v) is 14.2. The average Bonchev–Trinajstić information content (AvgIpc) is 1.20. The minimum atomic E-state index is -2.01. The van der Waals surface area contributed by atoms with Crippen molar-refractivity contribution in [1.82, 2.24) is 0 Å². The zero-order chi connectivity index (χ0) is 6.41. The Kier molecular flexibility index (Phi) is 2.53. The van der Waals surface area contributed by atoms with Gasteiger partial charge in [0.2, 0.25) is 0 Å². The molecule has 0 aromatic carbocycles. The summed E-state index contributed by atoms with van der Waals surface area (Å²) in [6, 6.07) is 0. The van der Waals surface area contributed by atoms with E-state index in [1.165, 1.54) is 21.3 Å². The summed E-state index contributed by atoms with van der Waals surface area (Å²) in [7, 11) is 2.78. The second kappa shape index (κ2) is 2.41. The van der Waals surface area contributed by atoms with Crippen LogP contribution >= 0.6 is 65.6 Å². The minimum absolute atomic E-state index is 1.39. The Hall–Kier alpha value is 2.29. The van der Waals surface area contributed by atoms with Crippen LogP contribution in [-0.2, 0) is 0 Å². The van der Waals surface area contributed by atoms with E-state index in [-0.39, 0.29) is 0 Å². The molecule has 0 spiro atoms. The van der Waals surface area contributed by atoms with Crippen LogP contribution in [0.1, 0.15) is 0 Å². The molecule has 8 heavy (non-hydrogen) atoms. The van der Waals surface area contributed by atoms with Crippen LogP contribution in [0.2, 0.25) is 0 Å². The highest BCUT2D eigenvalue weighted by Crippen LogP contribution is 2.65. The molecule has 0 nitrogen and oxygen atoms in total. The van der Waals surface area contributed by atoms with Gasteiger partial charge in [-0.25, -0.2) is 0 Å². The van der Waals surface area contributed by atoms with Crippen molar-refractivity contribution in [3.8, 4) is 0 Å². The van der Waals surface area contributed by atoms with E-state index in [4.69, 9.17) is 44.3 Å². The van der Waals surface area contributed by atoms with E-state index < -0.39 is 9.98 Å². The summed E-state index contributed by atoms with van der Waals surface area (Å²) in [6.45, 7) is 0. The summed E-state index contributed by atoms with van der Waals surface area (Å²) in [5.74, 6) is 0. The number of hydrogen-bond donors (Lipinski definition) is 0. The predicted molar refractivity (Wildman–Crippen MR) is 50.1 cm³/mol. The smallest absolute Gasteiger partial charge is 0.124 e. The van der Waals surface area contributed by atoms with Crippen LogP contribution in [0.15, 0.2) is 0 Å². The second-order valence-corrected chi connectivity index (χ2v) is 30.5. The third kappa shape index (κ3) is 2.16. The first-order valence-electron chi connectivity index (χ1n) is 1.57. The maximum absolute atomic E-state index is 5.68. The Morgan fingerprint density at radius 1 is 0.750 bits per heavy atom. The van der Waals surface area contributed by atoms with Gasteiger partial charge in [-0.1, -0.05) is 0 Å². The van der Waals surface area contributed by atoms with Crippen molar-refractivity contribution < 1.29 is 0 Å². The SMILES string of the molecule is Cl[Si]1(Cl)S[Si](Cl)(Cl)S1. The molecule has 48 valence electrons. The Bertz CT molecular complexity index is 88.6. The molecule has 1 aliphatic rings. The van der Waals surface area contributed by atoms with Crippen LogP contribution in [0.25, 0.3) is 0 Å². The van der Waals surface area contributed by atoms with Gasteiger partial charge in [0.1, 0.15) is 0 Å². The number of rotatable bonds is 0. The van der Waals surface area contributed by atoms with Gasteiger partial charge in [0.05, 0.1) is 0 Å². The molecule has 1 heterocycles. The zero-order valence-electron chi connectivity index (χ0n) is 3.33. The lowest BCUT2D eigenvalue weighted by Gasteiger charge is -2.34. The standard InChI is InChI=1S/Cl4S2Si2/c1-7(2)5-8(3,4)6-7. The Morgan fingerprint density at radius 3 is 1.00 bits per heavy atom. The van der Waals surface area contributed by atoms with Gasteiger partial charge < -0.3 is 0 Å². The van der Waals surface area contributed by atoms with Gasteiger partial charge in [-0.05, 0) is 0 Å². The summed E-state index contributed by atoms with van der Waals surface area (Å²) in [5.41, 5.74) is 0. The fraction of sp³-hybridized carbons (Fsp3) is 0. The van der Waals surface area contributed by atoms with Crippen LogP contribution in [-0.4, -0.2) is 9.98 Å². The van der Waals surface area contributed by atoms with Crippen LogP contribution < -0.4 is 0 Å². The van der Waals surface area contributed by atoms with Crippen molar-refractivity contribution in [2.75, 3.05) is 0 Å². The third-order valence-electron chi connectivity index (χ3n) is 0.475. The quantitative estimate of drug-likeness (QED) is 0.485. The first-order chi connectivity index (χ1) is 3.41. The van der Waals surface area contributed by atoms with E-state index in [1.54, 1.807) is 0 Å². The molecule has 0 saturated carbocycles. The maximum Gasteiger partial charge on any atom is 0.364 e. The molecule has 1 saturated heterocycles. The molecule has 0 bridgehead atoms. The predicted octanol–water partition coefficient (Wildman–Crippen LogP) is 3.29. The van der Waals surface area contributed by atoms with Crippen LogP contribution in [0.5, 0.6) is 0 Å². The highest BCUT2D eigenvalue weighted by atomic mass is 35.8. The van der Waals surface area contributed by atoms with Crippen molar-refractivity contribution in [3.63, 3.8) is 0 Å². The van der Waals surface area contributed by atoms with E-state index in [9.17, 15) is 0 Å². The highest BCUT2D eigenvalue weighted by Gasteiger charge is 2.59. The highest BCUT2D eigenvalue weighted by molar-refractivity contribution is 9.08. The first kappa shape index (κ1) is 8.39. The molecular formula is Cl4S2Si2. The zero-order valence-corrected chi connectivity index (χ0v) is 9.99. The van der Waals surface area contributed by atoms with Crippen LogP contribution in [0.3, 0.4) is 0 Å². The van der Waals surface area contributed by atoms with Crippen molar-refractivity contribution in [1.29, 1.82) is 0 Å². The fourth-order valence-corrected chi connectivity index (χ4v) is 62.3. The van der Waals surface area contributed by atoms with E-state index in [2.05, 4.69) is 0 Å². The molecule has 0 aromatic rings. The minimum Gasteiger partial charge on any atom is -0.124 e. The molecule has 1 fully saturated rings. The summed E-state index contributed by atoms with van der Waals surface area (Å²) in [4.78, 5) is -4.02. The van der Waals surface area contributed by atoms with Crippen molar-refractivity contribution in [3.05, 3.63) is 0 Å². The molecule has 0 atom stereocenters. The summed E-state index contributed by atoms with van der Waals surface area (Å²) < 4.78 is 0. The summed E-state index contributed by atoms with van der Waals surface area (Å²) in [6.07, 6.45) is 0. The molecule has 0 radical (unpaired) electrons. The largest absolute Gasteiger partial charge is 0.364 e. The van der Waals surface area contributed by atoms with Gasteiger partial charge in [0.15, 0.2) is 0 Å². The van der Waals surface area contributed by atoms with E-state index in [1.807, 2.05) is 0 Å². The van der Waals surface area contributed by atoms with Crippen molar-refractivity contribution >= 4 is 75.6 Å². The normalized spacial score (nSPS) is 31.5. The molecule has 1 rings (SSSR count). The van der Waals surface area contributed by atoms with Gasteiger partial charge in [-0.2, -0.15) is 0 Å². The molecule has 0 aliphatic carbocycles. The molecule has 0 N–H and O–H groups in total. The fourth-order valence-electron chi connectivity index (χ4n) is 0.284. The van der Waals surface area contributed by atoms with Gasteiger partial charge in [-0.3, -0.25) is 0 Å². The molecule has 8 heteroatoms. The lowest BCUT2D eigenvalue weighted by Crippen LogP contribution is -2.36. The van der Waals surface area contributed by atoms with Gasteiger partial charge in [-0.15, -0.1) is 65.6 Å².